The Labute approximate surface area is 217 Å². The highest BCUT2D eigenvalue weighted by Gasteiger charge is 2.18. The van der Waals surface area contributed by atoms with Crippen molar-refractivity contribution in [3.05, 3.63) is 111 Å². The topological polar surface area (TPSA) is 17.1 Å². The Morgan fingerprint density at radius 3 is 1.47 bits per heavy atom. The average molecular weight is 473 g/mol. The van der Waals surface area contributed by atoms with Crippen LogP contribution in [0.2, 0.25) is 0 Å². The van der Waals surface area contributed by atoms with E-state index in [1.165, 1.54) is 27.8 Å². The van der Waals surface area contributed by atoms with Crippen molar-refractivity contribution in [2.75, 3.05) is 0 Å². The Hall–Kier alpha value is -3.81. The Bertz CT molecular complexity index is 1230. The molecule has 0 aliphatic carbocycles. The fraction of sp³-hybridized carbons (Fsp3) is 0.286. The first-order valence-corrected chi connectivity index (χ1v) is 12.8. The van der Waals surface area contributed by atoms with Gasteiger partial charge >= 0.3 is 0 Å². The van der Waals surface area contributed by atoms with E-state index in [0.717, 1.165) is 65.5 Å². The maximum Gasteiger partial charge on any atom is 0.162 e. The van der Waals surface area contributed by atoms with Crippen LogP contribution >= 0.6 is 0 Å². The Kier molecular flexibility index (Phi) is 9.11. The van der Waals surface area contributed by atoms with Crippen molar-refractivity contribution in [2.24, 2.45) is 0 Å². The van der Waals surface area contributed by atoms with Gasteiger partial charge in [0.15, 0.2) is 5.78 Å². The molecule has 0 aliphatic rings. The summed E-state index contributed by atoms with van der Waals surface area (Å²) < 4.78 is 0. The normalized spacial score (nSPS) is 10.5. The third-order valence-electron chi connectivity index (χ3n) is 7.27. The van der Waals surface area contributed by atoms with Crippen LogP contribution in [0, 0.1) is 38.5 Å². The fourth-order valence-electron chi connectivity index (χ4n) is 4.88. The van der Waals surface area contributed by atoms with E-state index in [0.29, 0.717) is 6.42 Å². The van der Waals surface area contributed by atoms with Gasteiger partial charge in [0, 0.05) is 23.1 Å². The van der Waals surface area contributed by atoms with E-state index in [9.17, 15) is 4.79 Å². The van der Waals surface area contributed by atoms with Gasteiger partial charge in [0.1, 0.15) is 0 Å². The van der Waals surface area contributed by atoms with E-state index in [1.807, 2.05) is 19.1 Å². The van der Waals surface area contributed by atoms with Crippen LogP contribution in [0.1, 0.15) is 87.1 Å². The molecule has 0 aliphatic heterocycles. The average Bonchev–Trinajstić information content (AvgIpc) is 2.92. The van der Waals surface area contributed by atoms with Gasteiger partial charge in [-0.25, -0.2) is 0 Å². The monoisotopic (exact) mass is 472 g/mol. The molecule has 0 radical (unpaired) electrons. The highest BCUT2D eigenvalue weighted by molar-refractivity contribution is 5.95. The number of allylic oxidation sites excluding steroid dienone is 1. The van der Waals surface area contributed by atoms with E-state index >= 15 is 0 Å². The molecule has 0 unspecified atom stereocenters. The summed E-state index contributed by atoms with van der Waals surface area (Å²) in [5.41, 5.74) is 12.1. The van der Waals surface area contributed by atoms with Gasteiger partial charge in [0.2, 0.25) is 0 Å². The quantitative estimate of drug-likeness (QED) is 0.217. The highest BCUT2D eigenvalue weighted by atomic mass is 16.1. The molecule has 0 saturated carbocycles. The fourth-order valence-corrected chi connectivity index (χ4v) is 4.88. The smallest absolute Gasteiger partial charge is 0.162 e. The molecule has 0 spiro atoms. The molecule has 3 aromatic rings. The van der Waals surface area contributed by atoms with Gasteiger partial charge < -0.3 is 0 Å². The molecule has 182 valence electrons. The number of carbonyl (C=O) groups excluding carboxylic acids is 1. The first-order valence-electron chi connectivity index (χ1n) is 12.8. The molecule has 36 heavy (non-hydrogen) atoms. The van der Waals surface area contributed by atoms with Crippen molar-refractivity contribution in [2.45, 2.75) is 66.2 Å². The highest BCUT2D eigenvalue weighted by Crippen LogP contribution is 2.30. The van der Waals surface area contributed by atoms with Crippen LogP contribution in [-0.2, 0) is 25.7 Å². The second-order valence-electron chi connectivity index (χ2n) is 9.37. The Morgan fingerprint density at radius 1 is 0.694 bits per heavy atom. The van der Waals surface area contributed by atoms with E-state index < -0.39 is 0 Å². The lowest BCUT2D eigenvalue weighted by Crippen LogP contribution is -2.09. The van der Waals surface area contributed by atoms with Crippen LogP contribution in [0.5, 0.6) is 0 Å². The van der Waals surface area contributed by atoms with Crippen LogP contribution in [0.3, 0.4) is 0 Å². The first-order chi connectivity index (χ1) is 17.3. The maximum absolute atomic E-state index is 12.0. The number of carbonyl (C=O) groups is 1. The number of terminal acetylenes is 2. The number of ketones is 1. The van der Waals surface area contributed by atoms with Crippen molar-refractivity contribution >= 4 is 11.4 Å². The molecule has 3 aromatic carbocycles. The Morgan fingerprint density at radius 2 is 1.11 bits per heavy atom. The zero-order valence-electron chi connectivity index (χ0n) is 22.1. The molecular weight excluding hydrogens is 436 g/mol. The molecule has 0 aromatic heterocycles. The van der Waals surface area contributed by atoms with Crippen molar-refractivity contribution in [1.29, 1.82) is 0 Å². The molecule has 0 saturated heterocycles. The molecule has 0 fully saturated rings. The van der Waals surface area contributed by atoms with Gasteiger partial charge in [-0.05, 0) is 90.5 Å². The molecule has 0 bridgehead atoms. The third-order valence-corrected chi connectivity index (χ3v) is 7.27. The molecule has 0 N–H and O–H groups in total. The number of benzene rings is 3. The number of rotatable bonds is 10. The van der Waals surface area contributed by atoms with Gasteiger partial charge in [-0.2, -0.15) is 0 Å². The predicted molar refractivity (Wildman–Crippen MR) is 153 cm³/mol. The summed E-state index contributed by atoms with van der Waals surface area (Å²) in [7, 11) is 0. The summed E-state index contributed by atoms with van der Waals surface area (Å²) in [6.45, 7) is 12.4. The van der Waals surface area contributed by atoms with Gasteiger partial charge in [0.25, 0.3) is 0 Å². The molecule has 1 nitrogen and oxygen atoms in total. The largest absolute Gasteiger partial charge is 0.294 e. The second-order valence-corrected chi connectivity index (χ2v) is 9.37. The van der Waals surface area contributed by atoms with Crippen LogP contribution < -0.4 is 0 Å². The lowest BCUT2D eigenvalue weighted by atomic mass is 9.83. The molecule has 1 heteroatoms. The van der Waals surface area contributed by atoms with Crippen LogP contribution in [-0.4, -0.2) is 5.78 Å². The molecule has 0 atom stereocenters. The number of hydrogen-bond donors (Lipinski definition) is 0. The summed E-state index contributed by atoms with van der Waals surface area (Å²) in [6, 6.07) is 16.7. The SMILES string of the molecule is C#Cc1c(C)c(CCc2ccc(C(=C)CC)cc2)c(CCc2ccc(C(=O)CC)cc2)c(C)c1C#C. The van der Waals surface area contributed by atoms with Gasteiger partial charge in [0.05, 0.1) is 0 Å². The molecular formula is C35H36O. The third kappa shape index (κ3) is 5.87. The summed E-state index contributed by atoms with van der Waals surface area (Å²) in [5.74, 6) is 5.89. The van der Waals surface area contributed by atoms with Crippen LogP contribution in [0.25, 0.3) is 5.57 Å². The number of aryl methyl sites for hydroxylation is 2. The summed E-state index contributed by atoms with van der Waals surface area (Å²) >= 11 is 0. The Balaban J connectivity index is 1.91. The van der Waals surface area contributed by atoms with E-state index in [2.05, 4.69) is 75.6 Å². The van der Waals surface area contributed by atoms with E-state index in [-0.39, 0.29) is 5.78 Å². The van der Waals surface area contributed by atoms with Crippen molar-refractivity contribution in [3.8, 4) is 24.7 Å². The minimum Gasteiger partial charge on any atom is -0.294 e. The second kappa shape index (κ2) is 12.2. The van der Waals surface area contributed by atoms with Gasteiger partial charge in [-0.15, -0.1) is 12.8 Å². The zero-order chi connectivity index (χ0) is 26.2. The molecule has 3 rings (SSSR count). The minimum atomic E-state index is 0.172. The lowest BCUT2D eigenvalue weighted by Gasteiger charge is -2.20. The van der Waals surface area contributed by atoms with Crippen LogP contribution in [0.4, 0.5) is 0 Å². The summed E-state index contributed by atoms with van der Waals surface area (Å²) in [6.07, 6.45) is 16.9. The predicted octanol–water partition coefficient (Wildman–Crippen LogP) is 7.85. The van der Waals surface area contributed by atoms with E-state index in [4.69, 9.17) is 12.8 Å². The van der Waals surface area contributed by atoms with Crippen molar-refractivity contribution < 1.29 is 4.79 Å². The van der Waals surface area contributed by atoms with Crippen LogP contribution in [0.15, 0.2) is 55.1 Å². The zero-order valence-corrected chi connectivity index (χ0v) is 22.1. The maximum atomic E-state index is 12.0. The van der Waals surface area contributed by atoms with E-state index in [1.54, 1.807) is 0 Å². The van der Waals surface area contributed by atoms with Gasteiger partial charge in [-0.3, -0.25) is 4.79 Å². The lowest BCUT2D eigenvalue weighted by molar-refractivity contribution is 0.0988. The number of Topliss-reactive ketones (excluding diaryl/α,β-unsaturated/α-hetero) is 1. The molecule has 0 amide bonds. The standard InChI is InChI=1S/C35H36O/c1-8-24(5)29-18-12-27(13-19-29)16-22-33-25(6)31(9-2)32(10-3)26(7)34(33)23-17-28-14-20-30(21-15-28)35(36)11-4/h2-3,12-15,18-21H,5,8,11,16-17,22-23H2,1,4,6-7H3. The van der Waals surface area contributed by atoms with Crippen molar-refractivity contribution in [1.82, 2.24) is 0 Å². The number of hydrogen-bond acceptors (Lipinski definition) is 1. The van der Waals surface area contributed by atoms with Gasteiger partial charge in [-0.1, -0.05) is 80.8 Å². The summed E-state index contributed by atoms with van der Waals surface area (Å²) in [5, 5.41) is 0. The minimum absolute atomic E-state index is 0.172. The summed E-state index contributed by atoms with van der Waals surface area (Å²) in [4.78, 5) is 12.0. The first kappa shape index (κ1) is 26.8. The molecule has 0 heterocycles. The van der Waals surface area contributed by atoms with Crippen molar-refractivity contribution in [3.63, 3.8) is 0 Å².